The van der Waals surface area contributed by atoms with Gasteiger partial charge in [0.15, 0.2) is 0 Å². The average molecular weight is 670 g/mol. The fourth-order valence-corrected chi connectivity index (χ4v) is 7.81. The summed E-state index contributed by atoms with van der Waals surface area (Å²) >= 11 is 0. The van der Waals surface area contributed by atoms with E-state index in [0.29, 0.717) is 35.9 Å². The van der Waals surface area contributed by atoms with Gasteiger partial charge in [-0.25, -0.2) is 13.4 Å². The molecule has 1 aromatic heterocycles. The van der Waals surface area contributed by atoms with Crippen LogP contribution in [0.3, 0.4) is 0 Å². The lowest BCUT2D eigenvalue weighted by atomic mass is 9.92. The van der Waals surface area contributed by atoms with E-state index in [9.17, 15) is 31.2 Å². The van der Waals surface area contributed by atoms with Gasteiger partial charge in [-0.15, -0.1) is 0 Å². The van der Waals surface area contributed by atoms with Crippen LogP contribution < -0.4 is 0 Å². The zero-order valence-corrected chi connectivity index (χ0v) is 26.8. The molecule has 0 spiro atoms. The number of piperidine rings is 2. The van der Waals surface area contributed by atoms with Crippen molar-refractivity contribution in [2.24, 2.45) is 5.92 Å². The standard InChI is InChI=1S/C34H38F3N5O4S/c35-34(36,37)47(45,46)42-20-18-40(19-21-42)32(43)27-12-7-15-41(24-27)29-13-16-39(17-14-29)33(44)28-22-30(25-8-3-1-4-9-25)38-31(23-28)26-10-5-2-6-11-26/h1-6,8-11,22-23,27,29H,7,12-21,24H2/t27-/m1/s1. The number of likely N-dealkylation sites (tertiary alicyclic amines) is 2. The number of halogens is 3. The van der Waals surface area contributed by atoms with Crippen molar-refractivity contribution in [1.82, 2.24) is 24.0 Å². The van der Waals surface area contributed by atoms with Gasteiger partial charge in [0, 0.05) is 68.5 Å². The molecule has 3 fully saturated rings. The van der Waals surface area contributed by atoms with E-state index in [1.54, 1.807) is 0 Å². The Kier molecular flexibility index (Phi) is 9.67. The number of carbonyl (C=O) groups is 2. The lowest BCUT2D eigenvalue weighted by Crippen LogP contribution is -2.56. The molecule has 0 N–H and O–H groups in total. The second kappa shape index (κ2) is 13.7. The van der Waals surface area contributed by atoms with Crippen LogP contribution in [0.25, 0.3) is 22.5 Å². The monoisotopic (exact) mass is 669 g/mol. The van der Waals surface area contributed by atoms with Gasteiger partial charge < -0.3 is 9.80 Å². The Hall–Kier alpha value is -3.81. The maximum atomic E-state index is 13.8. The molecule has 4 heterocycles. The molecule has 0 aliphatic carbocycles. The van der Waals surface area contributed by atoms with Crippen LogP contribution in [0.2, 0.25) is 0 Å². The normalized spacial score (nSPS) is 20.7. The van der Waals surface area contributed by atoms with Gasteiger partial charge in [-0.1, -0.05) is 60.7 Å². The van der Waals surface area contributed by atoms with E-state index in [1.165, 1.54) is 4.90 Å². The number of sulfonamides is 1. The van der Waals surface area contributed by atoms with E-state index in [1.807, 2.05) is 77.7 Å². The lowest BCUT2D eigenvalue weighted by Gasteiger charge is -2.43. The van der Waals surface area contributed by atoms with Crippen LogP contribution in [0.5, 0.6) is 0 Å². The molecule has 250 valence electrons. The van der Waals surface area contributed by atoms with Crippen molar-refractivity contribution in [3.05, 3.63) is 78.4 Å². The number of benzene rings is 2. The summed E-state index contributed by atoms with van der Waals surface area (Å²) in [4.78, 5) is 37.7. The molecular weight excluding hydrogens is 631 g/mol. The molecule has 0 bridgehead atoms. The first-order chi connectivity index (χ1) is 22.5. The van der Waals surface area contributed by atoms with E-state index >= 15 is 0 Å². The summed E-state index contributed by atoms with van der Waals surface area (Å²) in [6.07, 6.45) is 3.04. The second-order valence-corrected chi connectivity index (χ2v) is 14.3. The number of aromatic nitrogens is 1. The first-order valence-corrected chi connectivity index (χ1v) is 17.5. The van der Waals surface area contributed by atoms with Crippen LogP contribution in [0.15, 0.2) is 72.8 Å². The molecule has 1 atom stereocenters. The molecule has 6 rings (SSSR count). The van der Waals surface area contributed by atoms with Gasteiger partial charge in [0.05, 0.1) is 17.3 Å². The van der Waals surface area contributed by atoms with Crippen LogP contribution in [-0.4, -0.2) is 108 Å². The van der Waals surface area contributed by atoms with Gasteiger partial charge in [-0.3, -0.25) is 14.5 Å². The smallest absolute Gasteiger partial charge is 0.340 e. The van der Waals surface area contributed by atoms with Gasteiger partial charge in [0.1, 0.15) is 0 Å². The van der Waals surface area contributed by atoms with E-state index in [2.05, 4.69) is 4.90 Å². The van der Waals surface area contributed by atoms with Crippen molar-refractivity contribution >= 4 is 21.8 Å². The maximum Gasteiger partial charge on any atom is 0.511 e. The number of amides is 2. The lowest BCUT2D eigenvalue weighted by molar-refractivity contribution is -0.139. The second-order valence-electron chi connectivity index (χ2n) is 12.4. The molecule has 2 amide bonds. The number of carbonyl (C=O) groups excluding carboxylic acids is 2. The summed E-state index contributed by atoms with van der Waals surface area (Å²) in [5.41, 5.74) is -1.43. The molecule has 3 aliphatic rings. The Morgan fingerprint density at radius 3 is 1.81 bits per heavy atom. The largest absolute Gasteiger partial charge is 0.511 e. The Morgan fingerprint density at radius 2 is 1.28 bits per heavy atom. The number of hydrogen-bond acceptors (Lipinski definition) is 6. The van der Waals surface area contributed by atoms with Gasteiger partial charge in [0.2, 0.25) is 5.91 Å². The minimum absolute atomic E-state index is 0.0430. The van der Waals surface area contributed by atoms with Crippen LogP contribution in [0.4, 0.5) is 13.2 Å². The highest BCUT2D eigenvalue weighted by atomic mass is 32.2. The molecule has 0 unspecified atom stereocenters. The quantitative estimate of drug-likeness (QED) is 0.377. The zero-order valence-electron chi connectivity index (χ0n) is 26.0. The van der Waals surface area contributed by atoms with Gasteiger partial charge in [-0.05, 0) is 44.4 Å². The van der Waals surface area contributed by atoms with Crippen LogP contribution in [0, 0.1) is 5.92 Å². The number of alkyl halides is 3. The molecule has 3 aromatic rings. The molecular formula is C34H38F3N5O4S. The Labute approximate surface area is 273 Å². The Balaban J connectivity index is 1.07. The summed E-state index contributed by atoms with van der Waals surface area (Å²) in [5, 5.41) is 0. The Morgan fingerprint density at radius 1 is 0.723 bits per heavy atom. The molecule has 47 heavy (non-hydrogen) atoms. The summed E-state index contributed by atoms with van der Waals surface area (Å²) in [5.74, 6) is -0.468. The first kappa shape index (κ1) is 33.1. The fourth-order valence-electron chi connectivity index (χ4n) is 6.88. The van der Waals surface area contributed by atoms with Crippen molar-refractivity contribution in [2.45, 2.75) is 37.2 Å². The van der Waals surface area contributed by atoms with E-state index in [0.717, 1.165) is 48.3 Å². The molecule has 2 aromatic carbocycles. The number of piperazine rings is 1. The third kappa shape index (κ3) is 7.21. The van der Waals surface area contributed by atoms with Crippen molar-refractivity contribution in [1.29, 1.82) is 0 Å². The molecule has 3 aliphatic heterocycles. The van der Waals surface area contributed by atoms with Crippen molar-refractivity contribution < 1.29 is 31.2 Å². The van der Waals surface area contributed by atoms with Gasteiger partial charge in [0.25, 0.3) is 5.91 Å². The topological polar surface area (TPSA) is 94.1 Å². The summed E-state index contributed by atoms with van der Waals surface area (Å²) in [6, 6.07) is 23.5. The summed E-state index contributed by atoms with van der Waals surface area (Å²) in [7, 11) is -5.40. The number of pyridine rings is 1. The predicted octanol–water partition coefficient (Wildman–Crippen LogP) is 4.73. The molecule has 0 radical (unpaired) electrons. The van der Waals surface area contributed by atoms with Crippen LogP contribution >= 0.6 is 0 Å². The van der Waals surface area contributed by atoms with Crippen LogP contribution in [0.1, 0.15) is 36.0 Å². The Bertz CT molecular complexity index is 1620. The highest BCUT2D eigenvalue weighted by molar-refractivity contribution is 7.90. The zero-order chi connectivity index (χ0) is 33.2. The third-order valence-electron chi connectivity index (χ3n) is 9.46. The van der Waals surface area contributed by atoms with Crippen LogP contribution in [-0.2, 0) is 14.8 Å². The molecule has 9 nitrogen and oxygen atoms in total. The van der Waals surface area contributed by atoms with Gasteiger partial charge in [-0.2, -0.15) is 17.5 Å². The number of hydrogen-bond donors (Lipinski definition) is 0. The minimum atomic E-state index is -5.40. The van der Waals surface area contributed by atoms with E-state index in [-0.39, 0.29) is 50.0 Å². The van der Waals surface area contributed by atoms with Crippen molar-refractivity contribution in [3.63, 3.8) is 0 Å². The number of nitrogens with zero attached hydrogens (tertiary/aromatic N) is 5. The predicted molar refractivity (Wildman–Crippen MR) is 171 cm³/mol. The fraction of sp³-hybridized carbons (Fsp3) is 0.441. The third-order valence-corrected chi connectivity index (χ3v) is 11.1. The number of rotatable bonds is 6. The highest BCUT2D eigenvalue weighted by Gasteiger charge is 2.50. The van der Waals surface area contributed by atoms with Gasteiger partial charge >= 0.3 is 15.5 Å². The summed E-state index contributed by atoms with van der Waals surface area (Å²) in [6.45, 7) is 1.70. The maximum absolute atomic E-state index is 13.8. The van der Waals surface area contributed by atoms with Crippen molar-refractivity contribution in [3.8, 4) is 22.5 Å². The minimum Gasteiger partial charge on any atom is -0.340 e. The summed E-state index contributed by atoms with van der Waals surface area (Å²) < 4.78 is 62.8. The SMILES string of the molecule is O=C(c1cc(-c2ccccc2)nc(-c2ccccc2)c1)N1CCC(N2CCC[C@@H](C(=O)N3CCN(S(=O)(=O)C(F)(F)F)CC3)C2)CC1. The van der Waals surface area contributed by atoms with E-state index in [4.69, 9.17) is 4.98 Å². The average Bonchev–Trinajstić information content (AvgIpc) is 3.11. The molecule has 13 heteroatoms. The highest BCUT2D eigenvalue weighted by Crippen LogP contribution is 2.30. The molecule has 0 saturated carbocycles. The molecule has 3 saturated heterocycles. The first-order valence-electron chi connectivity index (χ1n) is 16.0. The van der Waals surface area contributed by atoms with Crippen molar-refractivity contribution in [2.75, 3.05) is 52.4 Å². The van der Waals surface area contributed by atoms with E-state index < -0.39 is 15.5 Å².